The minimum atomic E-state index is -4.39. The van der Waals surface area contributed by atoms with Gasteiger partial charge >= 0.3 is 15.0 Å². The summed E-state index contributed by atoms with van der Waals surface area (Å²) in [6.45, 7) is 7.17. The fourth-order valence-electron chi connectivity index (χ4n) is 1.86. The second-order valence-electron chi connectivity index (χ2n) is 4.66. The molecule has 0 N–H and O–H groups in total. The van der Waals surface area contributed by atoms with Crippen LogP contribution in [0.4, 0.5) is 13.2 Å². The van der Waals surface area contributed by atoms with E-state index >= 15 is 0 Å². The molecule has 0 aliphatic rings. The molecule has 0 spiro atoms. The number of hydrogen-bond donors (Lipinski definition) is 0. The fourth-order valence-corrected chi connectivity index (χ4v) is 4.72. The Labute approximate surface area is 121 Å². The van der Waals surface area contributed by atoms with Crippen LogP contribution in [-0.2, 0) is 13.3 Å². The second-order valence-corrected chi connectivity index (χ2v) is 7.34. The first kappa shape index (κ1) is 19.9. The summed E-state index contributed by atoms with van der Waals surface area (Å²) in [4.78, 5) is 0. The minimum Gasteiger partial charge on any atom is -0.374 e. The molecule has 7 heteroatoms. The van der Waals surface area contributed by atoms with Gasteiger partial charge in [-0.15, -0.1) is 0 Å². The number of rotatable bonds is 11. The van der Waals surface area contributed by atoms with E-state index in [4.69, 9.17) is 13.3 Å². The predicted octanol–water partition coefficient (Wildman–Crippen LogP) is 4.55. The summed E-state index contributed by atoms with van der Waals surface area (Å²) in [5.74, 6) is 0. The summed E-state index contributed by atoms with van der Waals surface area (Å²) in [5.41, 5.74) is 0. The lowest BCUT2D eigenvalue weighted by Crippen LogP contribution is -2.50. The molecule has 122 valence electrons. The van der Waals surface area contributed by atoms with Gasteiger partial charge in [0, 0.05) is 19.3 Å². The van der Waals surface area contributed by atoms with Crippen LogP contribution in [0.15, 0.2) is 0 Å². The van der Waals surface area contributed by atoms with Crippen molar-refractivity contribution in [3.63, 3.8) is 0 Å². The van der Waals surface area contributed by atoms with Gasteiger partial charge in [-0.3, -0.25) is 0 Å². The lowest BCUT2D eigenvalue weighted by atomic mass is 10.2. The molecule has 1 unspecified atom stereocenters. The van der Waals surface area contributed by atoms with Crippen LogP contribution in [0, 0.1) is 0 Å². The average molecular weight is 316 g/mol. The normalized spacial score (nSPS) is 14.6. The van der Waals surface area contributed by atoms with Gasteiger partial charge in [-0.1, -0.05) is 26.2 Å². The quantitative estimate of drug-likeness (QED) is 0.413. The summed E-state index contributed by atoms with van der Waals surface area (Å²) in [7, 11) is -3.24. The maximum absolute atomic E-state index is 12.7. The van der Waals surface area contributed by atoms with Gasteiger partial charge in [0.25, 0.3) is 0 Å². The van der Waals surface area contributed by atoms with Gasteiger partial charge in [0.05, 0.1) is 0 Å². The first-order chi connectivity index (χ1) is 9.31. The van der Waals surface area contributed by atoms with Crippen LogP contribution in [0.3, 0.4) is 0 Å². The highest BCUT2D eigenvalue weighted by atomic mass is 28.4. The third-order valence-electron chi connectivity index (χ3n) is 2.88. The van der Waals surface area contributed by atoms with Crippen molar-refractivity contribution in [3.05, 3.63) is 0 Å². The number of hydrogen-bond acceptors (Lipinski definition) is 3. The summed E-state index contributed by atoms with van der Waals surface area (Å²) < 4.78 is 54.3. The Kier molecular flexibility index (Phi) is 9.70. The fraction of sp³-hybridized carbons (Fsp3) is 1.00. The maximum atomic E-state index is 12.7. The Morgan fingerprint density at radius 2 is 1.50 bits per heavy atom. The molecule has 0 heterocycles. The average Bonchev–Trinajstić information content (AvgIpc) is 2.34. The molecule has 0 aromatic carbocycles. The van der Waals surface area contributed by atoms with Crippen molar-refractivity contribution in [2.24, 2.45) is 0 Å². The maximum Gasteiger partial charge on any atom is 0.501 e. The smallest absolute Gasteiger partial charge is 0.374 e. The van der Waals surface area contributed by atoms with E-state index < -0.39 is 21.1 Å². The molecular formula is C13H27F3O3Si. The molecular weight excluding hydrogens is 289 g/mol. The number of alkyl halides is 3. The van der Waals surface area contributed by atoms with Gasteiger partial charge in [-0.2, -0.15) is 13.2 Å². The second kappa shape index (κ2) is 9.76. The van der Waals surface area contributed by atoms with Gasteiger partial charge < -0.3 is 13.3 Å². The van der Waals surface area contributed by atoms with Gasteiger partial charge in [-0.05, 0) is 27.2 Å². The Morgan fingerprint density at radius 3 is 1.90 bits per heavy atom. The summed E-state index contributed by atoms with van der Waals surface area (Å²) in [6.07, 6.45) is -2.41. The lowest BCUT2D eigenvalue weighted by Gasteiger charge is -2.32. The Morgan fingerprint density at radius 1 is 0.950 bits per heavy atom. The van der Waals surface area contributed by atoms with Gasteiger partial charge in [-0.25, -0.2) is 0 Å². The van der Waals surface area contributed by atoms with Gasteiger partial charge in [0.1, 0.15) is 6.10 Å². The highest BCUT2D eigenvalue weighted by Crippen LogP contribution is 2.29. The van der Waals surface area contributed by atoms with E-state index in [2.05, 4.69) is 6.92 Å². The first-order valence-corrected chi connectivity index (χ1v) is 9.27. The van der Waals surface area contributed by atoms with Crippen molar-refractivity contribution in [1.29, 1.82) is 0 Å². The van der Waals surface area contributed by atoms with E-state index in [1.807, 2.05) is 0 Å². The molecule has 0 aromatic rings. The molecule has 3 nitrogen and oxygen atoms in total. The molecule has 0 rings (SSSR count). The van der Waals surface area contributed by atoms with E-state index in [9.17, 15) is 13.2 Å². The van der Waals surface area contributed by atoms with Crippen LogP contribution in [0.5, 0.6) is 0 Å². The molecule has 0 aliphatic carbocycles. The SMILES string of the molecule is CCCCCC[Si](OCC)(OCC)OC(C)C(F)(F)F. The van der Waals surface area contributed by atoms with Crippen molar-refractivity contribution in [3.8, 4) is 0 Å². The van der Waals surface area contributed by atoms with Crippen LogP contribution in [0.25, 0.3) is 0 Å². The van der Waals surface area contributed by atoms with Crippen LogP contribution >= 0.6 is 0 Å². The molecule has 0 radical (unpaired) electrons. The first-order valence-electron chi connectivity index (χ1n) is 7.33. The van der Waals surface area contributed by atoms with Crippen molar-refractivity contribution in [2.75, 3.05) is 13.2 Å². The molecule has 0 saturated heterocycles. The summed E-state index contributed by atoms with van der Waals surface area (Å²) in [6, 6.07) is 0.440. The van der Waals surface area contributed by atoms with Crippen LogP contribution in [0.1, 0.15) is 53.4 Å². The van der Waals surface area contributed by atoms with E-state index in [1.165, 1.54) is 0 Å². The Hall–Kier alpha value is -0.113. The van der Waals surface area contributed by atoms with Crippen molar-refractivity contribution in [1.82, 2.24) is 0 Å². The summed E-state index contributed by atoms with van der Waals surface area (Å²) >= 11 is 0. The number of halogens is 3. The molecule has 0 bridgehead atoms. The van der Waals surface area contributed by atoms with Gasteiger partial charge in [0.2, 0.25) is 0 Å². The molecule has 0 fully saturated rings. The predicted molar refractivity (Wildman–Crippen MR) is 74.6 cm³/mol. The molecule has 0 saturated carbocycles. The van der Waals surface area contributed by atoms with Crippen molar-refractivity contribution >= 4 is 8.80 Å². The molecule has 0 aliphatic heterocycles. The topological polar surface area (TPSA) is 27.7 Å². The number of unbranched alkanes of at least 4 members (excludes halogenated alkanes) is 3. The highest BCUT2D eigenvalue weighted by Gasteiger charge is 2.48. The molecule has 0 amide bonds. The summed E-state index contributed by atoms with van der Waals surface area (Å²) in [5, 5.41) is 0. The highest BCUT2D eigenvalue weighted by molar-refractivity contribution is 6.60. The van der Waals surface area contributed by atoms with Crippen LogP contribution < -0.4 is 0 Å². The largest absolute Gasteiger partial charge is 0.501 e. The van der Waals surface area contributed by atoms with E-state index in [1.54, 1.807) is 13.8 Å². The van der Waals surface area contributed by atoms with Gasteiger partial charge in [0.15, 0.2) is 0 Å². The van der Waals surface area contributed by atoms with Crippen molar-refractivity contribution < 1.29 is 26.4 Å². The zero-order chi connectivity index (χ0) is 15.6. The molecule has 20 heavy (non-hydrogen) atoms. The lowest BCUT2D eigenvalue weighted by molar-refractivity contribution is -0.201. The van der Waals surface area contributed by atoms with Crippen molar-refractivity contribution in [2.45, 2.75) is 71.7 Å². The third-order valence-corrected chi connectivity index (χ3v) is 6.02. The Bertz CT molecular complexity index is 244. The van der Waals surface area contributed by atoms with Crippen LogP contribution in [-0.4, -0.2) is 34.3 Å². The minimum absolute atomic E-state index is 0.296. The van der Waals surface area contributed by atoms with Crippen LogP contribution in [0.2, 0.25) is 6.04 Å². The standard InChI is InChI=1S/C13H27F3O3Si/c1-5-8-9-10-11-20(17-6-2,18-7-3)19-12(4)13(14,15)16/h12H,5-11H2,1-4H3. The third kappa shape index (κ3) is 7.61. The zero-order valence-electron chi connectivity index (χ0n) is 12.9. The Balaban J connectivity index is 4.72. The van der Waals surface area contributed by atoms with E-state index in [0.717, 1.165) is 32.6 Å². The van der Waals surface area contributed by atoms with E-state index in [-0.39, 0.29) is 0 Å². The monoisotopic (exact) mass is 316 g/mol. The molecule has 1 atom stereocenters. The molecule has 0 aromatic heterocycles. The zero-order valence-corrected chi connectivity index (χ0v) is 13.9. The van der Waals surface area contributed by atoms with E-state index in [0.29, 0.717) is 19.3 Å².